The van der Waals surface area contributed by atoms with Crippen molar-refractivity contribution in [3.8, 4) is 22.5 Å². The average Bonchev–Trinajstić information content (AvgIpc) is 3.02. The number of hydrogen-bond donors (Lipinski definition) is 2. The fourth-order valence-corrected chi connectivity index (χ4v) is 2.91. The number of aromatic nitrogens is 2. The summed E-state index contributed by atoms with van der Waals surface area (Å²) in [6.45, 7) is 0.768. The van der Waals surface area contributed by atoms with Crippen LogP contribution in [-0.4, -0.2) is 29.8 Å². The van der Waals surface area contributed by atoms with Gasteiger partial charge in [0.25, 0.3) is 0 Å². The molecule has 25 heavy (non-hydrogen) atoms. The van der Waals surface area contributed by atoms with Crippen LogP contribution >= 0.6 is 11.6 Å². The maximum atomic E-state index is 13.6. The zero-order chi connectivity index (χ0) is 17.8. The summed E-state index contributed by atoms with van der Waals surface area (Å²) in [4.78, 5) is 18.9. The van der Waals surface area contributed by atoms with Crippen LogP contribution in [0.4, 0.5) is 4.39 Å². The molecule has 6 heteroatoms. The number of aldehydes is 1. The molecule has 3 rings (SSSR count). The lowest BCUT2D eigenvalue weighted by atomic mass is 10.1. The predicted octanol–water partition coefficient (Wildman–Crippen LogP) is 4.11. The number of carbonyl (C=O) groups is 1. The normalized spacial score (nSPS) is 10.8. The van der Waals surface area contributed by atoms with Crippen molar-refractivity contribution >= 4 is 17.9 Å². The number of H-pyrrole nitrogens is 1. The molecule has 128 valence electrons. The highest BCUT2D eigenvalue weighted by Gasteiger charge is 2.11. The third-order valence-corrected chi connectivity index (χ3v) is 4.13. The first-order valence-electron chi connectivity index (χ1n) is 7.85. The molecule has 0 fully saturated rings. The van der Waals surface area contributed by atoms with Crippen LogP contribution in [0.15, 0.2) is 42.6 Å². The largest absolute Gasteiger partial charge is 0.358 e. The average molecular weight is 358 g/mol. The molecule has 0 spiro atoms. The van der Waals surface area contributed by atoms with Crippen molar-refractivity contribution in [2.75, 3.05) is 13.6 Å². The number of aromatic amines is 1. The quantitative estimate of drug-likeness (QED) is 0.653. The molecule has 0 radical (unpaired) electrons. The van der Waals surface area contributed by atoms with Gasteiger partial charge in [-0.3, -0.25) is 9.78 Å². The highest BCUT2D eigenvalue weighted by molar-refractivity contribution is 6.30. The number of likely N-dealkylation sites (N-methyl/N-ethyl adjacent to an activating group) is 1. The molecule has 4 nitrogen and oxygen atoms in total. The van der Waals surface area contributed by atoms with Crippen molar-refractivity contribution in [1.29, 1.82) is 0 Å². The SMILES string of the molecule is CNCCc1[nH]c(-c2ccnc(-c3cc(F)cc(Cl)c3)c2)cc1C=O. The van der Waals surface area contributed by atoms with Crippen molar-refractivity contribution < 1.29 is 9.18 Å². The summed E-state index contributed by atoms with van der Waals surface area (Å²) in [6, 6.07) is 9.81. The zero-order valence-electron chi connectivity index (χ0n) is 13.6. The first kappa shape index (κ1) is 17.3. The lowest BCUT2D eigenvalue weighted by Gasteiger charge is -2.05. The van der Waals surface area contributed by atoms with Crippen LogP contribution in [0.3, 0.4) is 0 Å². The Balaban J connectivity index is 1.99. The molecule has 0 bridgehead atoms. The van der Waals surface area contributed by atoms with E-state index in [4.69, 9.17) is 11.6 Å². The van der Waals surface area contributed by atoms with E-state index in [1.54, 1.807) is 12.3 Å². The summed E-state index contributed by atoms with van der Waals surface area (Å²) in [7, 11) is 1.86. The van der Waals surface area contributed by atoms with Crippen molar-refractivity contribution in [3.05, 3.63) is 64.7 Å². The minimum absolute atomic E-state index is 0.319. The molecular formula is C19H17ClFN3O. The van der Waals surface area contributed by atoms with Gasteiger partial charge in [-0.25, -0.2) is 4.39 Å². The van der Waals surface area contributed by atoms with Crippen LogP contribution in [0.25, 0.3) is 22.5 Å². The Morgan fingerprint density at radius 1 is 1.24 bits per heavy atom. The molecule has 0 unspecified atom stereocenters. The van der Waals surface area contributed by atoms with E-state index in [1.807, 2.05) is 25.2 Å². The first-order chi connectivity index (χ1) is 12.1. The Morgan fingerprint density at radius 3 is 2.80 bits per heavy atom. The summed E-state index contributed by atoms with van der Waals surface area (Å²) >= 11 is 5.93. The van der Waals surface area contributed by atoms with Gasteiger partial charge in [0.2, 0.25) is 0 Å². The summed E-state index contributed by atoms with van der Waals surface area (Å²) in [5.41, 5.74) is 4.41. The van der Waals surface area contributed by atoms with Gasteiger partial charge in [-0.05, 0) is 43.4 Å². The molecule has 3 aromatic rings. The van der Waals surface area contributed by atoms with Gasteiger partial charge in [0.05, 0.1) is 5.69 Å². The Bertz CT molecular complexity index is 887. The van der Waals surface area contributed by atoms with E-state index < -0.39 is 5.82 Å². The number of pyridine rings is 1. The van der Waals surface area contributed by atoms with Crippen molar-refractivity contribution in [2.24, 2.45) is 0 Å². The van der Waals surface area contributed by atoms with E-state index in [1.165, 1.54) is 12.1 Å². The number of nitrogens with zero attached hydrogens (tertiary/aromatic N) is 1. The Hall–Kier alpha value is -2.50. The van der Waals surface area contributed by atoms with Crippen LogP contribution in [0, 0.1) is 5.82 Å². The molecule has 0 saturated carbocycles. The Morgan fingerprint density at radius 2 is 2.08 bits per heavy atom. The molecule has 0 amide bonds. The number of hydrogen-bond acceptors (Lipinski definition) is 3. The summed E-state index contributed by atoms with van der Waals surface area (Å²) in [5.74, 6) is -0.410. The van der Waals surface area contributed by atoms with Gasteiger partial charge in [-0.2, -0.15) is 0 Å². The van der Waals surface area contributed by atoms with Crippen LogP contribution in [0.5, 0.6) is 0 Å². The first-order valence-corrected chi connectivity index (χ1v) is 8.23. The molecule has 2 heterocycles. The molecule has 0 aliphatic carbocycles. The highest BCUT2D eigenvalue weighted by atomic mass is 35.5. The number of halogens is 2. The van der Waals surface area contributed by atoms with Crippen molar-refractivity contribution in [3.63, 3.8) is 0 Å². The second-order valence-corrected chi connectivity index (χ2v) is 6.11. The topological polar surface area (TPSA) is 57.8 Å². The second-order valence-electron chi connectivity index (χ2n) is 5.68. The van der Waals surface area contributed by atoms with E-state index in [0.717, 1.165) is 36.2 Å². The number of benzene rings is 1. The highest BCUT2D eigenvalue weighted by Crippen LogP contribution is 2.27. The van der Waals surface area contributed by atoms with Crippen molar-refractivity contribution in [2.45, 2.75) is 6.42 Å². The van der Waals surface area contributed by atoms with E-state index in [0.29, 0.717) is 21.8 Å². The molecular weight excluding hydrogens is 341 g/mol. The van der Waals surface area contributed by atoms with Gasteiger partial charge in [0.15, 0.2) is 6.29 Å². The molecule has 0 atom stereocenters. The van der Waals surface area contributed by atoms with Crippen LogP contribution < -0.4 is 5.32 Å². The number of carbonyl (C=O) groups excluding carboxylic acids is 1. The minimum atomic E-state index is -0.410. The van der Waals surface area contributed by atoms with Crippen LogP contribution in [0.1, 0.15) is 16.1 Å². The van der Waals surface area contributed by atoms with Gasteiger partial charge >= 0.3 is 0 Å². The maximum Gasteiger partial charge on any atom is 0.151 e. The summed E-state index contributed by atoms with van der Waals surface area (Å²) in [6.07, 6.45) is 3.22. The van der Waals surface area contributed by atoms with Crippen LogP contribution in [0.2, 0.25) is 5.02 Å². The van der Waals surface area contributed by atoms with Gasteiger partial charge in [-0.15, -0.1) is 0 Å². The van der Waals surface area contributed by atoms with E-state index in [2.05, 4.69) is 15.3 Å². The van der Waals surface area contributed by atoms with E-state index in [9.17, 15) is 9.18 Å². The van der Waals surface area contributed by atoms with Crippen LogP contribution in [-0.2, 0) is 6.42 Å². The van der Waals surface area contributed by atoms with Gasteiger partial charge in [0.1, 0.15) is 5.82 Å². The van der Waals surface area contributed by atoms with E-state index in [-0.39, 0.29) is 0 Å². The third kappa shape index (κ3) is 3.95. The van der Waals surface area contributed by atoms with Gasteiger partial charge < -0.3 is 10.3 Å². The zero-order valence-corrected chi connectivity index (χ0v) is 14.4. The monoisotopic (exact) mass is 357 g/mol. The lowest BCUT2D eigenvalue weighted by Crippen LogP contribution is -2.11. The van der Waals surface area contributed by atoms with E-state index >= 15 is 0 Å². The fourth-order valence-electron chi connectivity index (χ4n) is 2.69. The second kappa shape index (κ2) is 7.59. The Kier molecular flexibility index (Phi) is 5.26. The predicted molar refractivity (Wildman–Crippen MR) is 97.4 cm³/mol. The molecule has 1 aromatic carbocycles. The number of rotatable bonds is 6. The summed E-state index contributed by atoms with van der Waals surface area (Å²) < 4.78 is 13.6. The standard InChI is InChI=1S/C19H17ClFN3O/c1-22-4-3-17-14(11-25)9-19(24-17)12-2-5-23-18(8-12)13-6-15(20)10-16(21)7-13/h2,5-11,22,24H,3-4H2,1H3. The molecule has 0 aliphatic heterocycles. The van der Waals surface area contributed by atoms with Crippen molar-refractivity contribution in [1.82, 2.24) is 15.3 Å². The summed E-state index contributed by atoms with van der Waals surface area (Å²) in [5, 5.41) is 3.38. The fraction of sp³-hybridized carbons (Fsp3) is 0.158. The molecule has 0 saturated heterocycles. The Labute approximate surface area is 150 Å². The maximum absolute atomic E-state index is 13.6. The van der Waals surface area contributed by atoms with Gasteiger partial charge in [-0.1, -0.05) is 11.6 Å². The third-order valence-electron chi connectivity index (χ3n) is 3.92. The molecule has 2 aromatic heterocycles. The molecule has 0 aliphatic rings. The lowest BCUT2D eigenvalue weighted by molar-refractivity contribution is 0.112. The molecule has 2 N–H and O–H groups in total. The smallest absolute Gasteiger partial charge is 0.151 e. The minimum Gasteiger partial charge on any atom is -0.358 e. The number of nitrogens with one attached hydrogen (secondary N) is 2. The van der Waals surface area contributed by atoms with Gasteiger partial charge in [0, 0.05) is 52.3 Å².